The second-order valence-corrected chi connectivity index (χ2v) is 4.22. The fourth-order valence-corrected chi connectivity index (χ4v) is 1.72. The number of anilines is 1. The highest BCUT2D eigenvalue weighted by atomic mass is 19.1. The number of nitrogens with two attached hydrogens (primary N) is 1. The summed E-state index contributed by atoms with van der Waals surface area (Å²) in [5, 5.41) is 4.77. The Labute approximate surface area is 118 Å². The zero-order valence-corrected chi connectivity index (χ0v) is 10.9. The fourth-order valence-electron chi connectivity index (χ4n) is 1.72. The van der Waals surface area contributed by atoms with Crippen LogP contribution in [0.2, 0.25) is 0 Å². The summed E-state index contributed by atoms with van der Waals surface area (Å²) >= 11 is 0. The van der Waals surface area contributed by atoms with Gasteiger partial charge in [0.15, 0.2) is 5.96 Å². The van der Waals surface area contributed by atoms with Crippen LogP contribution in [0.1, 0.15) is 0 Å². The average molecular weight is 297 g/mol. The van der Waals surface area contributed by atoms with Crippen molar-refractivity contribution in [1.82, 2.24) is 10.2 Å². The van der Waals surface area contributed by atoms with Crippen LogP contribution in [0, 0.1) is 11.6 Å². The molecule has 1 fully saturated rings. The van der Waals surface area contributed by atoms with Crippen molar-refractivity contribution in [3.63, 3.8) is 0 Å². The smallest absolute Gasteiger partial charge is 0.324 e. The third-order valence-corrected chi connectivity index (χ3v) is 2.73. The number of rotatable bonds is 4. The lowest BCUT2D eigenvalue weighted by atomic mass is 10.3. The van der Waals surface area contributed by atoms with Crippen LogP contribution in [0.3, 0.4) is 0 Å². The van der Waals surface area contributed by atoms with E-state index in [1.54, 1.807) is 0 Å². The van der Waals surface area contributed by atoms with Crippen LogP contribution in [-0.2, 0) is 4.79 Å². The van der Waals surface area contributed by atoms with Crippen LogP contribution in [0.4, 0.5) is 19.3 Å². The number of hydrogen-bond donors (Lipinski definition) is 3. The zero-order valence-electron chi connectivity index (χ0n) is 10.9. The van der Waals surface area contributed by atoms with Crippen LogP contribution in [0.5, 0.6) is 0 Å². The molecule has 1 aromatic rings. The minimum Gasteiger partial charge on any atom is -0.370 e. The van der Waals surface area contributed by atoms with Crippen molar-refractivity contribution in [3.05, 3.63) is 29.8 Å². The second-order valence-electron chi connectivity index (χ2n) is 4.22. The number of nitrogens with one attached hydrogen (secondary N) is 2. The van der Waals surface area contributed by atoms with Gasteiger partial charge in [-0.2, -0.15) is 0 Å². The number of carbonyl (C=O) groups excluding carboxylic acids is 2. The molecule has 112 valence electrons. The first-order valence-corrected chi connectivity index (χ1v) is 6.07. The Morgan fingerprint density at radius 3 is 2.86 bits per heavy atom. The SMILES string of the molecule is NC(=NCCN1C(=O)CNC1=O)Nc1cc(F)ccc1F. The molecule has 4 N–H and O–H groups in total. The molecule has 0 atom stereocenters. The number of amides is 3. The van der Waals surface area contributed by atoms with E-state index < -0.39 is 17.7 Å². The maximum Gasteiger partial charge on any atom is 0.324 e. The maximum absolute atomic E-state index is 13.4. The molecule has 1 aliphatic heterocycles. The summed E-state index contributed by atoms with van der Waals surface area (Å²) in [7, 11) is 0. The Kier molecular flexibility index (Phi) is 4.31. The van der Waals surface area contributed by atoms with Crippen molar-refractivity contribution in [2.45, 2.75) is 0 Å². The molecule has 3 amide bonds. The number of urea groups is 1. The van der Waals surface area contributed by atoms with Crippen LogP contribution in [-0.4, -0.2) is 42.4 Å². The van der Waals surface area contributed by atoms with Gasteiger partial charge >= 0.3 is 6.03 Å². The van der Waals surface area contributed by atoms with E-state index in [2.05, 4.69) is 15.6 Å². The first-order chi connectivity index (χ1) is 9.97. The normalized spacial score (nSPS) is 15.3. The highest BCUT2D eigenvalue weighted by Gasteiger charge is 2.27. The van der Waals surface area contributed by atoms with Gasteiger partial charge in [-0.15, -0.1) is 0 Å². The lowest BCUT2D eigenvalue weighted by Crippen LogP contribution is -2.34. The Balaban J connectivity index is 1.91. The Morgan fingerprint density at radius 1 is 1.43 bits per heavy atom. The molecule has 21 heavy (non-hydrogen) atoms. The molecule has 2 rings (SSSR count). The highest BCUT2D eigenvalue weighted by molar-refractivity contribution is 6.02. The number of guanidine groups is 1. The molecule has 9 heteroatoms. The van der Waals surface area contributed by atoms with Gasteiger partial charge in [0.05, 0.1) is 25.3 Å². The monoisotopic (exact) mass is 297 g/mol. The van der Waals surface area contributed by atoms with Gasteiger partial charge in [0.1, 0.15) is 11.6 Å². The molecule has 1 aliphatic rings. The molecule has 0 aliphatic carbocycles. The predicted molar refractivity (Wildman–Crippen MR) is 71.6 cm³/mol. The van der Waals surface area contributed by atoms with Crippen LogP contribution in [0.15, 0.2) is 23.2 Å². The first-order valence-electron chi connectivity index (χ1n) is 6.07. The number of benzene rings is 1. The van der Waals surface area contributed by atoms with E-state index in [1.165, 1.54) is 0 Å². The van der Waals surface area contributed by atoms with Gasteiger partial charge in [0, 0.05) is 6.07 Å². The molecule has 0 spiro atoms. The van der Waals surface area contributed by atoms with Crippen LogP contribution < -0.4 is 16.4 Å². The Bertz CT molecular complexity index is 589. The van der Waals surface area contributed by atoms with E-state index in [9.17, 15) is 18.4 Å². The lowest BCUT2D eigenvalue weighted by Gasteiger charge is -2.11. The number of imide groups is 1. The summed E-state index contributed by atoms with van der Waals surface area (Å²) in [5.74, 6) is -1.79. The molecule has 0 aromatic heterocycles. The van der Waals surface area contributed by atoms with E-state index in [0.29, 0.717) is 0 Å². The second kappa shape index (κ2) is 6.16. The molecule has 1 saturated heterocycles. The quantitative estimate of drug-likeness (QED) is 0.421. The largest absolute Gasteiger partial charge is 0.370 e. The summed E-state index contributed by atoms with van der Waals surface area (Å²) in [6, 6.07) is 2.39. The number of halogens is 2. The number of aliphatic imine (C=N–C) groups is 1. The number of carbonyl (C=O) groups is 2. The lowest BCUT2D eigenvalue weighted by molar-refractivity contribution is -0.124. The summed E-state index contributed by atoms with van der Waals surface area (Å²) in [4.78, 5) is 27.4. The Morgan fingerprint density at radius 2 is 2.19 bits per heavy atom. The summed E-state index contributed by atoms with van der Waals surface area (Å²) in [6.07, 6.45) is 0. The molecule has 0 unspecified atom stereocenters. The van der Waals surface area contributed by atoms with Gasteiger partial charge in [0.2, 0.25) is 5.91 Å². The van der Waals surface area contributed by atoms with Gasteiger partial charge in [-0.05, 0) is 12.1 Å². The van der Waals surface area contributed by atoms with Gasteiger partial charge in [-0.3, -0.25) is 14.7 Å². The molecule has 1 heterocycles. The van der Waals surface area contributed by atoms with E-state index in [4.69, 9.17) is 5.73 Å². The third kappa shape index (κ3) is 3.65. The van der Waals surface area contributed by atoms with Crippen molar-refractivity contribution in [2.75, 3.05) is 25.0 Å². The van der Waals surface area contributed by atoms with Crippen molar-refractivity contribution in [1.29, 1.82) is 0 Å². The van der Waals surface area contributed by atoms with Crippen molar-refractivity contribution in [3.8, 4) is 0 Å². The molecule has 0 radical (unpaired) electrons. The van der Waals surface area contributed by atoms with Crippen molar-refractivity contribution < 1.29 is 18.4 Å². The molecular formula is C12H13F2N5O2. The molecule has 7 nitrogen and oxygen atoms in total. The molecule has 1 aromatic carbocycles. The van der Waals surface area contributed by atoms with Gasteiger partial charge in [0.25, 0.3) is 0 Å². The van der Waals surface area contributed by atoms with E-state index in [-0.39, 0.29) is 37.2 Å². The zero-order chi connectivity index (χ0) is 15.4. The third-order valence-electron chi connectivity index (χ3n) is 2.73. The van der Waals surface area contributed by atoms with Crippen molar-refractivity contribution in [2.24, 2.45) is 10.7 Å². The minimum atomic E-state index is -0.677. The summed E-state index contributed by atoms with van der Waals surface area (Å²) in [5.41, 5.74) is 5.38. The Hall–Kier alpha value is -2.71. The highest BCUT2D eigenvalue weighted by Crippen LogP contribution is 2.14. The number of nitrogens with zero attached hydrogens (tertiary/aromatic N) is 2. The van der Waals surface area contributed by atoms with Gasteiger partial charge < -0.3 is 16.4 Å². The van der Waals surface area contributed by atoms with Crippen LogP contribution >= 0.6 is 0 Å². The van der Waals surface area contributed by atoms with E-state index in [1.807, 2.05) is 0 Å². The molecule has 0 saturated carbocycles. The first kappa shape index (κ1) is 14.7. The van der Waals surface area contributed by atoms with Gasteiger partial charge in [-0.1, -0.05) is 0 Å². The van der Waals surface area contributed by atoms with Gasteiger partial charge in [-0.25, -0.2) is 13.6 Å². The van der Waals surface area contributed by atoms with E-state index >= 15 is 0 Å². The molecular weight excluding hydrogens is 284 g/mol. The molecule has 0 bridgehead atoms. The maximum atomic E-state index is 13.4. The topological polar surface area (TPSA) is 99.8 Å². The fraction of sp³-hybridized carbons (Fsp3) is 0.250. The average Bonchev–Trinajstić information content (AvgIpc) is 2.74. The predicted octanol–water partition coefficient (Wildman–Crippen LogP) is 0.243. The standard InChI is InChI=1S/C12H13F2N5O2/c13-7-1-2-8(14)9(5-7)18-11(15)16-3-4-19-10(20)6-17-12(19)21/h1-2,5H,3-4,6H2,(H,17,21)(H3,15,16,18). The van der Waals surface area contributed by atoms with E-state index in [0.717, 1.165) is 23.1 Å². The minimum absolute atomic E-state index is 0.0369. The number of hydrogen-bond acceptors (Lipinski definition) is 3. The summed E-state index contributed by atoms with van der Waals surface area (Å²) < 4.78 is 26.3. The van der Waals surface area contributed by atoms with Crippen LogP contribution in [0.25, 0.3) is 0 Å². The summed E-state index contributed by atoms with van der Waals surface area (Å²) in [6.45, 7) is 0.0678. The van der Waals surface area contributed by atoms with Crippen molar-refractivity contribution >= 4 is 23.6 Å².